The van der Waals surface area contributed by atoms with Crippen LogP contribution in [0.25, 0.3) is 0 Å². The summed E-state index contributed by atoms with van der Waals surface area (Å²) in [6.45, 7) is 9.49. The summed E-state index contributed by atoms with van der Waals surface area (Å²) in [5.41, 5.74) is 2.17. The van der Waals surface area contributed by atoms with Crippen molar-refractivity contribution in [1.29, 1.82) is 0 Å². The highest BCUT2D eigenvalue weighted by atomic mass is 16.2. The van der Waals surface area contributed by atoms with Gasteiger partial charge in [-0.2, -0.15) is 0 Å². The fourth-order valence-electron chi connectivity index (χ4n) is 3.81. The maximum absolute atomic E-state index is 12.8. The minimum absolute atomic E-state index is 0.0184. The van der Waals surface area contributed by atoms with Crippen molar-refractivity contribution in [3.63, 3.8) is 0 Å². The predicted octanol–water partition coefficient (Wildman–Crippen LogP) is 0.639. The third-order valence-electron chi connectivity index (χ3n) is 5.31. The van der Waals surface area contributed by atoms with Gasteiger partial charge >= 0.3 is 0 Å². The molecule has 1 N–H and O–H groups in total. The van der Waals surface area contributed by atoms with Crippen LogP contribution < -0.4 is 10.2 Å². The molecule has 3 heterocycles. The molecule has 2 fully saturated rings. The van der Waals surface area contributed by atoms with E-state index < -0.39 is 0 Å². The molecule has 0 bridgehead atoms. The Morgan fingerprint density at radius 3 is 2.88 bits per heavy atom. The summed E-state index contributed by atoms with van der Waals surface area (Å²) in [6, 6.07) is 3.78. The van der Waals surface area contributed by atoms with Gasteiger partial charge in [-0.25, -0.2) is 0 Å². The molecule has 1 atom stereocenters. The number of nitrogens with zero attached hydrogens (tertiary/aromatic N) is 4. The van der Waals surface area contributed by atoms with Gasteiger partial charge in [0.1, 0.15) is 0 Å². The van der Waals surface area contributed by atoms with Crippen LogP contribution in [0.5, 0.6) is 0 Å². The van der Waals surface area contributed by atoms with E-state index in [1.807, 2.05) is 31.0 Å². The van der Waals surface area contributed by atoms with Crippen LogP contribution in [0.15, 0.2) is 18.3 Å². The molecule has 0 spiro atoms. The van der Waals surface area contributed by atoms with Gasteiger partial charge in [0, 0.05) is 56.8 Å². The Bertz CT molecular complexity index is 651. The van der Waals surface area contributed by atoms with Crippen molar-refractivity contribution in [2.75, 3.05) is 50.7 Å². The van der Waals surface area contributed by atoms with E-state index in [4.69, 9.17) is 0 Å². The number of aromatic nitrogens is 1. The molecular weight excluding hydrogens is 330 g/mol. The van der Waals surface area contributed by atoms with Gasteiger partial charge in [-0.1, -0.05) is 6.92 Å². The van der Waals surface area contributed by atoms with E-state index in [9.17, 15) is 9.59 Å². The highest BCUT2D eigenvalue weighted by Gasteiger charge is 2.32. The minimum Gasteiger partial charge on any atom is -0.370 e. The normalized spacial score (nSPS) is 22.1. The van der Waals surface area contributed by atoms with Crippen molar-refractivity contribution >= 4 is 17.5 Å². The van der Waals surface area contributed by atoms with Crippen molar-refractivity contribution in [3.8, 4) is 0 Å². The molecule has 1 aromatic rings. The molecule has 0 aromatic carbocycles. The lowest BCUT2D eigenvalue weighted by atomic mass is 10.1. The second-order valence-electron chi connectivity index (χ2n) is 7.02. The van der Waals surface area contributed by atoms with Crippen molar-refractivity contribution in [1.82, 2.24) is 20.1 Å². The highest BCUT2D eigenvalue weighted by molar-refractivity contribution is 5.88. The van der Waals surface area contributed by atoms with Gasteiger partial charge in [0.2, 0.25) is 11.8 Å². The summed E-state index contributed by atoms with van der Waals surface area (Å²) in [4.78, 5) is 35.6. The molecule has 2 saturated heterocycles. The summed E-state index contributed by atoms with van der Waals surface area (Å²) in [5.74, 6) is 0.0634. The van der Waals surface area contributed by atoms with Gasteiger partial charge in [-0.3, -0.25) is 19.5 Å². The monoisotopic (exact) mass is 359 g/mol. The lowest BCUT2D eigenvalue weighted by Crippen LogP contribution is -2.56. The Labute approximate surface area is 155 Å². The van der Waals surface area contributed by atoms with Crippen LogP contribution in [0.1, 0.15) is 25.5 Å². The van der Waals surface area contributed by atoms with E-state index in [0.29, 0.717) is 13.1 Å². The summed E-state index contributed by atoms with van der Waals surface area (Å²) in [7, 11) is 0. The molecule has 142 valence electrons. The van der Waals surface area contributed by atoms with Gasteiger partial charge < -0.3 is 15.1 Å². The Morgan fingerprint density at radius 1 is 1.27 bits per heavy atom. The fourth-order valence-corrected chi connectivity index (χ4v) is 3.81. The maximum Gasteiger partial charge on any atom is 0.237 e. The number of nitrogens with one attached hydrogen (secondary N) is 1. The molecule has 3 rings (SSSR count). The van der Waals surface area contributed by atoms with Crippen LogP contribution in [-0.4, -0.2) is 78.5 Å². The smallest absolute Gasteiger partial charge is 0.237 e. The first-order valence-corrected chi connectivity index (χ1v) is 9.55. The maximum atomic E-state index is 12.8. The molecule has 0 unspecified atom stereocenters. The Hall–Kier alpha value is -2.15. The molecular formula is C19H29N5O2. The summed E-state index contributed by atoms with van der Waals surface area (Å²) >= 11 is 0. The topological polar surface area (TPSA) is 68.8 Å². The summed E-state index contributed by atoms with van der Waals surface area (Å²) in [6.07, 6.45) is 3.04. The molecule has 7 heteroatoms. The molecule has 7 nitrogen and oxygen atoms in total. The lowest BCUT2D eigenvalue weighted by Gasteiger charge is -2.34. The number of likely N-dealkylation sites (N-methyl/N-ethyl adjacent to an activating group) is 1. The van der Waals surface area contributed by atoms with Crippen LogP contribution in [0.2, 0.25) is 0 Å². The number of hydrogen-bond donors (Lipinski definition) is 1. The Balaban J connectivity index is 1.59. The van der Waals surface area contributed by atoms with Gasteiger partial charge in [-0.15, -0.1) is 0 Å². The molecule has 2 aliphatic rings. The zero-order valence-electron chi connectivity index (χ0n) is 15.8. The van der Waals surface area contributed by atoms with E-state index in [1.54, 1.807) is 0 Å². The summed E-state index contributed by atoms with van der Waals surface area (Å²) in [5, 5.41) is 2.89. The van der Waals surface area contributed by atoms with Crippen molar-refractivity contribution in [3.05, 3.63) is 24.0 Å². The van der Waals surface area contributed by atoms with Gasteiger partial charge in [-0.05, 0) is 32.0 Å². The number of amides is 2. The van der Waals surface area contributed by atoms with Crippen LogP contribution in [0.3, 0.4) is 0 Å². The van der Waals surface area contributed by atoms with Crippen LogP contribution in [0.4, 0.5) is 5.69 Å². The van der Waals surface area contributed by atoms with E-state index in [0.717, 1.165) is 50.5 Å². The van der Waals surface area contributed by atoms with Crippen LogP contribution in [-0.2, 0) is 9.59 Å². The first-order valence-electron chi connectivity index (χ1n) is 9.55. The number of aryl methyl sites for hydroxylation is 1. The molecule has 1 aromatic heterocycles. The number of rotatable bonds is 4. The van der Waals surface area contributed by atoms with Crippen molar-refractivity contribution < 1.29 is 9.59 Å². The molecule has 0 radical (unpaired) electrons. The molecule has 0 aliphatic carbocycles. The minimum atomic E-state index is -0.330. The average Bonchev–Trinajstić information content (AvgIpc) is 2.89. The first-order chi connectivity index (χ1) is 12.6. The van der Waals surface area contributed by atoms with Crippen molar-refractivity contribution in [2.45, 2.75) is 32.7 Å². The van der Waals surface area contributed by atoms with E-state index >= 15 is 0 Å². The number of anilines is 1. The van der Waals surface area contributed by atoms with E-state index in [2.05, 4.69) is 26.2 Å². The van der Waals surface area contributed by atoms with Crippen LogP contribution >= 0.6 is 0 Å². The summed E-state index contributed by atoms with van der Waals surface area (Å²) < 4.78 is 0. The number of pyridine rings is 1. The highest BCUT2D eigenvalue weighted by Crippen LogP contribution is 2.18. The number of carbonyl (C=O) groups excluding carboxylic acids is 2. The zero-order chi connectivity index (χ0) is 18.5. The standard InChI is InChI=1S/C19H29N5O2/c1-3-22-10-7-21-19(26)17(22)14-18(25)24-9-4-8-23(11-12-24)16-5-6-20-15(2)13-16/h5-6,13,17H,3-4,7-12,14H2,1-2H3,(H,21,26)/t17-/m0/s1. The molecule has 2 aliphatic heterocycles. The van der Waals surface area contributed by atoms with Gasteiger partial charge in [0.05, 0.1) is 12.5 Å². The molecule has 2 amide bonds. The zero-order valence-corrected chi connectivity index (χ0v) is 15.8. The van der Waals surface area contributed by atoms with E-state index in [-0.39, 0.29) is 24.3 Å². The fraction of sp³-hybridized carbons (Fsp3) is 0.632. The lowest BCUT2D eigenvalue weighted by molar-refractivity contribution is -0.138. The van der Waals surface area contributed by atoms with Crippen molar-refractivity contribution in [2.24, 2.45) is 0 Å². The number of hydrogen-bond acceptors (Lipinski definition) is 5. The Morgan fingerprint density at radius 2 is 2.12 bits per heavy atom. The Kier molecular flexibility index (Phi) is 6.08. The molecule has 0 saturated carbocycles. The predicted molar refractivity (Wildman–Crippen MR) is 101 cm³/mol. The third-order valence-corrected chi connectivity index (χ3v) is 5.31. The third kappa shape index (κ3) is 4.33. The average molecular weight is 359 g/mol. The second kappa shape index (κ2) is 8.49. The number of carbonyl (C=O) groups is 2. The van der Waals surface area contributed by atoms with Crippen LogP contribution in [0, 0.1) is 6.92 Å². The molecule has 26 heavy (non-hydrogen) atoms. The second-order valence-corrected chi connectivity index (χ2v) is 7.02. The van der Waals surface area contributed by atoms with E-state index in [1.165, 1.54) is 0 Å². The first kappa shape index (κ1) is 18.6. The van der Waals surface area contributed by atoms with Gasteiger partial charge in [0.25, 0.3) is 0 Å². The number of piperazine rings is 1. The SMILES string of the molecule is CCN1CCNC(=O)[C@@H]1CC(=O)N1CCCN(c2ccnc(C)c2)CC1. The largest absolute Gasteiger partial charge is 0.370 e. The van der Waals surface area contributed by atoms with Gasteiger partial charge in [0.15, 0.2) is 0 Å². The quantitative estimate of drug-likeness (QED) is 0.854.